The topological polar surface area (TPSA) is 47.3 Å². The minimum atomic E-state index is -4.97. The third kappa shape index (κ3) is 3.87. The van der Waals surface area contributed by atoms with Crippen molar-refractivity contribution < 1.29 is 43.7 Å². The monoisotopic (exact) mass is 264 g/mol. The molecule has 0 bridgehead atoms. The summed E-state index contributed by atoms with van der Waals surface area (Å²) in [5, 5.41) is 0. The summed E-state index contributed by atoms with van der Waals surface area (Å²) in [7, 11) is 0. The van der Waals surface area contributed by atoms with Gasteiger partial charge in [0.1, 0.15) is 0 Å². The molecule has 3 nitrogen and oxygen atoms in total. The van der Waals surface area contributed by atoms with Crippen LogP contribution < -0.4 is 0 Å². The van der Waals surface area contributed by atoms with Crippen LogP contribution in [0.1, 0.15) is 17.0 Å². The van der Waals surface area contributed by atoms with Gasteiger partial charge in [-0.25, -0.2) is 0 Å². The molecule has 0 aromatic carbocycles. The zero-order chi connectivity index (χ0) is 10.8. The Morgan fingerprint density at radius 1 is 1.33 bits per heavy atom. The fourth-order valence-corrected chi connectivity index (χ4v) is 0.770. The summed E-state index contributed by atoms with van der Waals surface area (Å²) in [6, 6.07) is 2.55. The van der Waals surface area contributed by atoms with E-state index in [4.69, 9.17) is 0 Å². The van der Waals surface area contributed by atoms with Crippen LogP contribution in [0.15, 0.2) is 22.8 Å². The van der Waals surface area contributed by atoms with Crippen molar-refractivity contribution >= 4 is 11.6 Å². The Hall–Kier alpha value is -1.10. The summed E-state index contributed by atoms with van der Waals surface area (Å²) in [5.74, 6) is -3.29. The van der Waals surface area contributed by atoms with Crippen LogP contribution in [0.2, 0.25) is 0 Å². The molecule has 0 saturated carbocycles. The van der Waals surface area contributed by atoms with Gasteiger partial charge in [0.05, 0.1) is 12.7 Å². The molecule has 0 unspecified atom stereocenters. The number of alkyl halides is 3. The maximum atomic E-state index is 11.7. The van der Waals surface area contributed by atoms with Crippen molar-refractivity contribution in [3.8, 4) is 0 Å². The van der Waals surface area contributed by atoms with Crippen molar-refractivity contribution in [1.82, 2.24) is 0 Å². The van der Waals surface area contributed by atoms with E-state index < -0.39 is 24.2 Å². The minimum Gasteiger partial charge on any atom is -0.461 e. The quantitative estimate of drug-likeness (QED) is 0.477. The predicted molar refractivity (Wildman–Crippen MR) is 38.7 cm³/mol. The number of hydrogen-bond acceptors (Lipinski definition) is 3. The van der Waals surface area contributed by atoms with Crippen LogP contribution in [0.5, 0.6) is 0 Å². The Morgan fingerprint density at radius 2 is 1.93 bits per heavy atom. The molecule has 0 aliphatic carbocycles. The average molecular weight is 265 g/mol. The Balaban J connectivity index is 0.00000196. The second-order valence-corrected chi connectivity index (χ2v) is 2.50. The van der Waals surface area contributed by atoms with Gasteiger partial charge in [0.25, 0.3) is 0 Å². The first-order chi connectivity index (χ1) is 6.41. The molecule has 0 atom stereocenters. The number of halogens is 3. The normalized spacial score (nSPS) is 10.6. The molecule has 15 heavy (non-hydrogen) atoms. The van der Waals surface area contributed by atoms with Gasteiger partial charge in [-0.1, -0.05) is 0 Å². The van der Waals surface area contributed by atoms with E-state index in [1.807, 2.05) is 0 Å². The van der Waals surface area contributed by atoms with Crippen LogP contribution in [-0.4, -0.2) is 17.7 Å². The largest absolute Gasteiger partial charge is 0.461 e. The van der Waals surface area contributed by atoms with Gasteiger partial charge in [0.2, 0.25) is 11.6 Å². The predicted octanol–water partition coefficient (Wildman–Crippen LogP) is 1.98. The SMILES string of the molecule is O=C(CC(=O)C(F)(F)F)c1ccco1.[Ni]. The van der Waals surface area contributed by atoms with Gasteiger partial charge < -0.3 is 4.42 Å². The molecular weight excluding hydrogens is 260 g/mol. The molecule has 7 heteroatoms. The van der Waals surface area contributed by atoms with Gasteiger partial charge in [-0.2, -0.15) is 13.2 Å². The van der Waals surface area contributed by atoms with E-state index in [0.717, 1.165) is 6.26 Å². The minimum absolute atomic E-state index is 0. The van der Waals surface area contributed by atoms with Gasteiger partial charge in [-0.15, -0.1) is 0 Å². The Morgan fingerprint density at radius 3 is 2.33 bits per heavy atom. The second-order valence-electron chi connectivity index (χ2n) is 2.50. The van der Waals surface area contributed by atoms with Crippen molar-refractivity contribution in [3.63, 3.8) is 0 Å². The van der Waals surface area contributed by atoms with E-state index in [-0.39, 0.29) is 22.3 Å². The summed E-state index contributed by atoms with van der Waals surface area (Å²) < 4.78 is 39.7. The number of carbonyl (C=O) groups is 2. The Labute approximate surface area is 92.6 Å². The first kappa shape index (κ1) is 13.9. The van der Waals surface area contributed by atoms with E-state index in [1.54, 1.807) is 0 Å². The van der Waals surface area contributed by atoms with Crippen LogP contribution in [-0.2, 0) is 21.3 Å². The third-order valence-electron chi connectivity index (χ3n) is 1.43. The average Bonchev–Trinajstić information content (AvgIpc) is 2.53. The van der Waals surface area contributed by atoms with Gasteiger partial charge in [-0.3, -0.25) is 9.59 Å². The van der Waals surface area contributed by atoms with E-state index >= 15 is 0 Å². The molecule has 0 fully saturated rings. The van der Waals surface area contributed by atoms with Crippen LogP contribution >= 0.6 is 0 Å². The van der Waals surface area contributed by atoms with Crippen LogP contribution in [0, 0.1) is 0 Å². The van der Waals surface area contributed by atoms with E-state index in [0.29, 0.717) is 0 Å². The standard InChI is InChI=1S/C8H5F3O3.Ni/c9-8(10,11)7(13)4-5(12)6-2-1-3-14-6;/h1-3H,4H2;. The van der Waals surface area contributed by atoms with Crippen molar-refractivity contribution in [2.24, 2.45) is 0 Å². The molecule has 1 heterocycles. The van der Waals surface area contributed by atoms with Gasteiger partial charge >= 0.3 is 6.18 Å². The summed E-state index contributed by atoms with van der Waals surface area (Å²) in [6.45, 7) is 0. The number of rotatable bonds is 3. The molecule has 0 N–H and O–H groups in total. The fraction of sp³-hybridized carbons (Fsp3) is 0.250. The third-order valence-corrected chi connectivity index (χ3v) is 1.43. The first-order valence-corrected chi connectivity index (χ1v) is 3.58. The maximum absolute atomic E-state index is 11.7. The van der Waals surface area contributed by atoms with Crippen LogP contribution in [0.4, 0.5) is 13.2 Å². The van der Waals surface area contributed by atoms with Crippen molar-refractivity contribution in [3.05, 3.63) is 24.2 Å². The smallest absolute Gasteiger partial charge is 0.450 e. The number of ketones is 2. The first-order valence-electron chi connectivity index (χ1n) is 3.58. The zero-order valence-electron chi connectivity index (χ0n) is 7.11. The molecule has 0 radical (unpaired) electrons. The molecule has 0 aliphatic rings. The summed E-state index contributed by atoms with van der Waals surface area (Å²) in [4.78, 5) is 21.3. The Kier molecular flexibility index (Phi) is 4.74. The van der Waals surface area contributed by atoms with E-state index in [1.165, 1.54) is 12.1 Å². The molecule has 0 aliphatic heterocycles. The maximum Gasteiger partial charge on any atom is 0.450 e. The zero-order valence-corrected chi connectivity index (χ0v) is 8.10. The van der Waals surface area contributed by atoms with E-state index in [9.17, 15) is 22.8 Å². The number of furan rings is 1. The molecule has 86 valence electrons. The van der Waals surface area contributed by atoms with Crippen LogP contribution in [0.3, 0.4) is 0 Å². The summed E-state index contributed by atoms with van der Waals surface area (Å²) in [6.07, 6.45) is -5.04. The number of hydrogen-bond donors (Lipinski definition) is 0. The van der Waals surface area contributed by atoms with Crippen molar-refractivity contribution in [2.45, 2.75) is 12.6 Å². The van der Waals surface area contributed by atoms with Gasteiger partial charge in [-0.05, 0) is 12.1 Å². The number of carbonyl (C=O) groups excluding carboxylic acids is 2. The molecule has 0 amide bonds. The fourth-order valence-electron chi connectivity index (χ4n) is 0.770. The number of Topliss-reactive ketones (excluding diaryl/α,β-unsaturated/α-hetero) is 2. The summed E-state index contributed by atoms with van der Waals surface area (Å²) in [5.41, 5.74) is 0. The molecule has 0 spiro atoms. The summed E-state index contributed by atoms with van der Waals surface area (Å²) >= 11 is 0. The van der Waals surface area contributed by atoms with Gasteiger partial charge in [0.15, 0.2) is 5.76 Å². The molecule has 0 saturated heterocycles. The molecule has 1 aromatic heterocycles. The molecule has 1 rings (SSSR count). The van der Waals surface area contributed by atoms with Gasteiger partial charge in [0, 0.05) is 16.5 Å². The second kappa shape index (κ2) is 5.12. The van der Waals surface area contributed by atoms with Crippen molar-refractivity contribution in [1.29, 1.82) is 0 Å². The van der Waals surface area contributed by atoms with E-state index in [2.05, 4.69) is 4.42 Å². The molecular formula is C8H5F3NiO3. The molecule has 1 aromatic rings. The van der Waals surface area contributed by atoms with Crippen LogP contribution in [0.25, 0.3) is 0 Å². The Bertz CT molecular complexity index is 343. The van der Waals surface area contributed by atoms with Crippen molar-refractivity contribution in [2.75, 3.05) is 0 Å².